The first-order valence-electron chi connectivity index (χ1n) is 5.83. The van der Waals surface area contributed by atoms with Crippen LogP contribution in [-0.4, -0.2) is 22.3 Å². The molecule has 1 aromatic carbocycles. The molecule has 1 heterocycles. The van der Waals surface area contributed by atoms with Gasteiger partial charge in [-0.1, -0.05) is 36.4 Å². The summed E-state index contributed by atoms with van der Waals surface area (Å²) in [7, 11) is 0. The SMILES string of the molecule is Cc1cc(C(=O)NN=CC=Cc2ccccc2)n[nH]1. The Morgan fingerprint density at radius 1 is 1.37 bits per heavy atom. The zero-order valence-electron chi connectivity index (χ0n) is 10.5. The van der Waals surface area contributed by atoms with Crippen molar-refractivity contribution < 1.29 is 4.79 Å². The molecule has 19 heavy (non-hydrogen) atoms. The monoisotopic (exact) mass is 254 g/mol. The van der Waals surface area contributed by atoms with Crippen molar-refractivity contribution in [1.82, 2.24) is 15.6 Å². The van der Waals surface area contributed by atoms with Crippen LogP contribution in [0, 0.1) is 6.92 Å². The Bertz CT molecular complexity index is 599. The van der Waals surface area contributed by atoms with Gasteiger partial charge in [-0.05, 0) is 24.6 Å². The second-order valence-corrected chi connectivity index (χ2v) is 3.93. The molecule has 1 amide bonds. The lowest BCUT2D eigenvalue weighted by Gasteiger charge is -1.92. The third-order valence-corrected chi connectivity index (χ3v) is 2.35. The third kappa shape index (κ3) is 3.92. The molecule has 2 aromatic rings. The lowest BCUT2D eigenvalue weighted by molar-refractivity contribution is 0.0950. The first-order valence-corrected chi connectivity index (χ1v) is 5.83. The molecule has 0 aliphatic carbocycles. The Hall–Kier alpha value is -2.69. The van der Waals surface area contributed by atoms with Crippen LogP contribution in [0.1, 0.15) is 21.7 Å². The minimum Gasteiger partial charge on any atom is -0.282 e. The second-order valence-electron chi connectivity index (χ2n) is 3.93. The van der Waals surface area contributed by atoms with Gasteiger partial charge in [-0.2, -0.15) is 10.2 Å². The predicted molar refractivity (Wildman–Crippen MR) is 74.8 cm³/mol. The van der Waals surface area contributed by atoms with Gasteiger partial charge in [0, 0.05) is 11.9 Å². The summed E-state index contributed by atoms with van der Waals surface area (Å²) in [6, 6.07) is 11.5. The first kappa shape index (κ1) is 12.8. The summed E-state index contributed by atoms with van der Waals surface area (Å²) >= 11 is 0. The Labute approximate surface area is 111 Å². The molecule has 0 unspecified atom stereocenters. The van der Waals surface area contributed by atoms with E-state index in [0.29, 0.717) is 5.69 Å². The molecule has 0 bridgehead atoms. The predicted octanol–water partition coefficient (Wildman–Crippen LogP) is 2.15. The Morgan fingerprint density at radius 3 is 2.84 bits per heavy atom. The zero-order chi connectivity index (χ0) is 13.5. The number of aryl methyl sites for hydroxylation is 1. The van der Waals surface area contributed by atoms with Gasteiger partial charge in [-0.25, -0.2) is 5.43 Å². The van der Waals surface area contributed by atoms with Crippen LogP contribution >= 0.6 is 0 Å². The Balaban J connectivity index is 1.84. The van der Waals surface area contributed by atoms with Crippen molar-refractivity contribution in [2.24, 2.45) is 5.10 Å². The quantitative estimate of drug-likeness (QED) is 0.648. The van der Waals surface area contributed by atoms with Gasteiger partial charge in [0.15, 0.2) is 5.69 Å². The van der Waals surface area contributed by atoms with E-state index >= 15 is 0 Å². The molecule has 96 valence electrons. The maximum atomic E-state index is 11.6. The van der Waals surface area contributed by atoms with E-state index in [9.17, 15) is 4.79 Å². The summed E-state index contributed by atoms with van der Waals surface area (Å²) < 4.78 is 0. The molecule has 0 saturated carbocycles. The highest BCUT2D eigenvalue weighted by atomic mass is 16.2. The highest BCUT2D eigenvalue weighted by Gasteiger charge is 2.06. The molecule has 5 heteroatoms. The largest absolute Gasteiger partial charge is 0.291 e. The smallest absolute Gasteiger partial charge is 0.282 e. The maximum absolute atomic E-state index is 11.6. The number of nitrogens with zero attached hydrogens (tertiary/aromatic N) is 2. The fourth-order valence-corrected chi connectivity index (χ4v) is 1.45. The molecule has 0 saturated heterocycles. The zero-order valence-corrected chi connectivity index (χ0v) is 10.5. The van der Waals surface area contributed by atoms with Crippen LogP contribution in [0.3, 0.4) is 0 Å². The summed E-state index contributed by atoms with van der Waals surface area (Å²) in [4.78, 5) is 11.6. The van der Waals surface area contributed by atoms with E-state index in [-0.39, 0.29) is 5.91 Å². The summed E-state index contributed by atoms with van der Waals surface area (Å²) in [5.41, 5.74) is 4.62. The number of carbonyl (C=O) groups is 1. The van der Waals surface area contributed by atoms with Crippen molar-refractivity contribution in [1.29, 1.82) is 0 Å². The van der Waals surface area contributed by atoms with E-state index in [1.165, 1.54) is 6.21 Å². The van der Waals surface area contributed by atoms with Crippen molar-refractivity contribution in [2.45, 2.75) is 6.92 Å². The van der Waals surface area contributed by atoms with Crippen LogP contribution in [0.2, 0.25) is 0 Å². The fraction of sp³-hybridized carbons (Fsp3) is 0.0714. The topological polar surface area (TPSA) is 70.1 Å². The Kier molecular flexibility index (Phi) is 4.23. The molecule has 0 aliphatic heterocycles. The molecule has 0 aliphatic rings. The minimum atomic E-state index is -0.339. The number of aromatic nitrogens is 2. The van der Waals surface area contributed by atoms with Gasteiger partial charge in [0.25, 0.3) is 5.91 Å². The van der Waals surface area contributed by atoms with Crippen molar-refractivity contribution >= 4 is 18.2 Å². The van der Waals surface area contributed by atoms with E-state index in [4.69, 9.17) is 0 Å². The van der Waals surface area contributed by atoms with Gasteiger partial charge < -0.3 is 0 Å². The number of aromatic amines is 1. The number of rotatable bonds is 4. The molecule has 0 atom stereocenters. The lowest BCUT2D eigenvalue weighted by atomic mass is 10.2. The van der Waals surface area contributed by atoms with Crippen molar-refractivity contribution in [2.75, 3.05) is 0 Å². The van der Waals surface area contributed by atoms with Crippen LogP contribution in [0.25, 0.3) is 6.08 Å². The first-order chi connectivity index (χ1) is 9.25. The fourth-order valence-electron chi connectivity index (χ4n) is 1.45. The Morgan fingerprint density at radius 2 is 2.16 bits per heavy atom. The standard InChI is InChI=1S/C14H14N4O/c1-11-10-13(17-16-11)14(19)18-15-9-5-8-12-6-3-2-4-7-12/h2-10H,1H3,(H,16,17)(H,18,19). The number of amides is 1. The summed E-state index contributed by atoms with van der Waals surface area (Å²) in [5, 5.41) is 10.3. The molecule has 0 radical (unpaired) electrons. The number of H-pyrrole nitrogens is 1. The minimum absolute atomic E-state index is 0.321. The maximum Gasteiger partial charge on any atom is 0.291 e. The molecule has 0 fully saturated rings. The van der Waals surface area contributed by atoms with Gasteiger partial charge in [-0.3, -0.25) is 9.89 Å². The molecular formula is C14H14N4O. The normalized spacial score (nSPS) is 11.2. The van der Waals surface area contributed by atoms with Crippen LogP contribution in [0.5, 0.6) is 0 Å². The van der Waals surface area contributed by atoms with E-state index in [1.807, 2.05) is 43.3 Å². The molecule has 2 rings (SSSR count). The van der Waals surface area contributed by atoms with Gasteiger partial charge in [-0.15, -0.1) is 0 Å². The van der Waals surface area contributed by atoms with Crippen molar-refractivity contribution in [3.63, 3.8) is 0 Å². The number of nitrogens with one attached hydrogen (secondary N) is 2. The average molecular weight is 254 g/mol. The average Bonchev–Trinajstić information content (AvgIpc) is 2.86. The molecular weight excluding hydrogens is 240 g/mol. The van der Waals surface area contributed by atoms with Crippen LogP contribution in [0.4, 0.5) is 0 Å². The van der Waals surface area contributed by atoms with E-state index in [2.05, 4.69) is 20.7 Å². The second kappa shape index (κ2) is 6.30. The van der Waals surface area contributed by atoms with E-state index in [1.54, 1.807) is 12.1 Å². The molecule has 1 aromatic heterocycles. The lowest BCUT2D eigenvalue weighted by Crippen LogP contribution is -2.17. The number of carbonyl (C=O) groups excluding carboxylic acids is 1. The third-order valence-electron chi connectivity index (χ3n) is 2.35. The number of allylic oxidation sites excluding steroid dienone is 1. The molecule has 5 nitrogen and oxygen atoms in total. The summed E-state index contributed by atoms with van der Waals surface area (Å²) in [5.74, 6) is -0.339. The summed E-state index contributed by atoms with van der Waals surface area (Å²) in [6.07, 6.45) is 5.17. The number of benzene rings is 1. The van der Waals surface area contributed by atoms with Crippen LogP contribution in [0.15, 0.2) is 47.6 Å². The van der Waals surface area contributed by atoms with E-state index < -0.39 is 0 Å². The highest BCUT2D eigenvalue weighted by molar-refractivity contribution is 5.92. The van der Waals surface area contributed by atoms with Crippen molar-refractivity contribution in [3.8, 4) is 0 Å². The van der Waals surface area contributed by atoms with E-state index in [0.717, 1.165) is 11.3 Å². The van der Waals surface area contributed by atoms with Gasteiger partial charge in [0.1, 0.15) is 0 Å². The molecule has 0 spiro atoms. The van der Waals surface area contributed by atoms with Gasteiger partial charge >= 0.3 is 0 Å². The van der Waals surface area contributed by atoms with Gasteiger partial charge in [0.2, 0.25) is 0 Å². The van der Waals surface area contributed by atoms with Gasteiger partial charge in [0.05, 0.1) is 0 Å². The van der Waals surface area contributed by atoms with Crippen LogP contribution < -0.4 is 5.43 Å². The van der Waals surface area contributed by atoms with Crippen LogP contribution in [-0.2, 0) is 0 Å². The number of hydrogen-bond donors (Lipinski definition) is 2. The highest BCUT2D eigenvalue weighted by Crippen LogP contribution is 1.99. The summed E-state index contributed by atoms with van der Waals surface area (Å²) in [6.45, 7) is 1.83. The number of hydrogen-bond acceptors (Lipinski definition) is 3. The van der Waals surface area contributed by atoms with Crippen molar-refractivity contribution in [3.05, 3.63) is 59.4 Å². The number of hydrazone groups is 1. The molecule has 2 N–H and O–H groups in total.